The molecular formula is C8H17NO4S. The van der Waals surface area contributed by atoms with E-state index in [1.807, 2.05) is 0 Å². The van der Waals surface area contributed by atoms with Crippen molar-refractivity contribution in [2.45, 2.75) is 25.3 Å². The van der Waals surface area contributed by atoms with E-state index in [1.54, 1.807) is 6.92 Å². The molecule has 14 heavy (non-hydrogen) atoms. The number of rotatable bonds is 4. The third-order valence-corrected chi connectivity index (χ3v) is 4.01. The lowest BCUT2D eigenvalue weighted by Crippen LogP contribution is -2.54. The van der Waals surface area contributed by atoms with Crippen LogP contribution in [0, 0.1) is 0 Å². The molecule has 0 aromatic rings. The van der Waals surface area contributed by atoms with E-state index in [9.17, 15) is 13.5 Å². The second-order valence-electron chi connectivity index (χ2n) is 3.56. The number of sulfonamides is 1. The van der Waals surface area contributed by atoms with Crippen LogP contribution in [0.4, 0.5) is 0 Å². The Morgan fingerprint density at radius 1 is 1.43 bits per heavy atom. The van der Waals surface area contributed by atoms with Crippen molar-refractivity contribution in [3.8, 4) is 0 Å². The highest BCUT2D eigenvalue weighted by Crippen LogP contribution is 2.20. The molecule has 1 saturated heterocycles. The van der Waals surface area contributed by atoms with Crippen LogP contribution in [0.15, 0.2) is 0 Å². The second kappa shape index (κ2) is 4.57. The van der Waals surface area contributed by atoms with Crippen LogP contribution in [-0.2, 0) is 14.8 Å². The van der Waals surface area contributed by atoms with Crippen molar-refractivity contribution in [1.29, 1.82) is 0 Å². The van der Waals surface area contributed by atoms with E-state index in [-0.39, 0.29) is 12.4 Å². The van der Waals surface area contributed by atoms with Gasteiger partial charge in [-0.1, -0.05) is 0 Å². The van der Waals surface area contributed by atoms with Gasteiger partial charge in [-0.2, -0.15) is 0 Å². The topological polar surface area (TPSA) is 75.6 Å². The zero-order chi connectivity index (χ0) is 10.7. The van der Waals surface area contributed by atoms with Gasteiger partial charge in [0.05, 0.1) is 17.9 Å². The summed E-state index contributed by atoms with van der Waals surface area (Å²) in [5, 5.41) is 9.22. The highest BCUT2D eigenvalue weighted by molar-refractivity contribution is 7.89. The minimum atomic E-state index is -3.26. The first-order valence-corrected chi connectivity index (χ1v) is 6.39. The molecule has 0 amide bonds. The molecule has 1 fully saturated rings. The number of hydrogen-bond acceptors (Lipinski definition) is 4. The number of nitrogens with one attached hydrogen (secondary N) is 1. The summed E-state index contributed by atoms with van der Waals surface area (Å²) in [7, 11) is -3.26. The maximum atomic E-state index is 11.4. The standard InChI is InChI=1S/C8H17NO4S/c1-2-14(11,12)9-8(7-10)3-5-13-6-4-8/h9-10H,2-7H2,1H3. The second-order valence-corrected chi connectivity index (χ2v) is 5.57. The van der Waals surface area contributed by atoms with Crippen molar-refractivity contribution in [3.05, 3.63) is 0 Å². The molecular weight excluding hydrogens is 206 g/mol. The molecule has 6 heteroatoms. The number of ether oxygens (including phenoxy) is 1. The van der Waals surface area contributed by atoms with Gasteiger partial charge < -0.3 is 9.84 Å². The van der Waals surface area contributed by atoms with E-state index in [4.69, 9.17) is 4.74 Å². The molecule has 0 radical (unpaired) electrons. The van der Waals surface area contributed by atoms with Crippen LogP contribution in [0.2, 0.25) is 0 Å². The van der Waals surface area contributed by atoms with E-state index < -0.39 is 15.6 Å². The zero-order valence-corrected chi connectivity index (χ0v) is 9.14. The van der Waals surface area contributed by atoms with Crippen molar-refractivity contribution < 1.29 is 18.3 Å². The minimum Gasteiger partial charge on any atom is -0.394 e. The first-order chi connectivity index (χ1) is 6.54. The molecule has 0 aromatic carbocycles. The van der Waals surface area contributed by atoms with Gasteiger partial charge in [0, 0.05) is 13.2 Å². The van der Waals surface area contributed by atoms with Gasteiger partial charge >= 0.3 is 0 Å². The van der Waals surface area contributed by atoms with Gasteiger partial charge in [0.2, 0.25) is 10.0 Å². The van der Waals surface area contributed by atoms with E-state index >= 15 is 0 Å². The molecule has 84 valence electrons. The summed E-state index contributed by atoms with van der Waals surface area (Å²) in [5.74, 6) is 0.0373. The first kappa shape index (κ1) is 11.9. The van der Waals surface area contributed by atoms with Gasteiger partial charge in [0.15, 0.2) is 0 Å². The molecule has 1 aliphatic rings. The number of hydrogen-bond donors (Lipinski definition) is 2. The number of aliphatic hydroxyl groups is 1. The quantitative estimate of drug-likeness (QED) is 0.671. The predicted octanol–water partition coefficient (Wildman–Crippen LogP) is -0.533. The van der Waals surface area contributed by atoms with Crippen molar-refractivity contribution in [1.82, 2.24) is 4.72 Å². The Kier molecular flexibility index (Phi) is 3.88. The summed E-state index contributed by atoms with van der Waals surface area (Å²) < 4.78 is 30.4. The lowest BCUT2D eigenvalue weighted by atomic mass is 9.93. The molecule has 1 heterocycles. The third-order valence-electron chi connectivity index (χ3n) is 2.50. The van der Waals surface area contributed by atoms with Crippen molar-refractivity contribution in [3.63, 3.8) is 0 Å². The lowest BCUT2D eigenvalue weighted by Gasteiger charge is -2.35. The first-order valence-electron chi connectivity index (χ1n) is 4.74. The largest absolute Gasteiger partial charge is 0.394 e. The summed E-state index contributed by atoms with van der Waals surface area (Å²) in [6.07, 6.45) is 1.06. The van der Waals surface area contributed by atoms with Crippen molar-refractivity contribution in [2.24, 2.45) is 0 Å². The fraction of sp³-hybridized carbons (Fsp3) is 1.00. The van der Waals surface area contributed by atoms with Crippen molar-refractivity contribution in [2.75, 3.05) is 25.6 Å². The van der Waals surface area contributed by atoms with Crippen LogP contribution in [0.5, 0.6) is 0 Å². The van der Waals surface area contributed by atoms with Crippen LogP contribution in [0.3, 0.4) is 0 Å². The van der Waals surface area contributed by atoms with E-state index in [0.29, 0.717) is 26.1 Å². The summed E-state index contributed by atoms with van der Waals surface area (Å²) in [4.78, 5) is 0. The van der Waals surface area contributed by atoms with Gasteiger partial charge in [-0.05, 0) is 19.8 Å². The highest BCUT2D eigenvalue weighted by Gasteiger charge is 2.35. The summed E-state index contributed by atoms with van der Waals surface area (Å²) in [6, 6.07) is 0. The molecule has 0 aromatic heterocycles. The minimum absolute atomic E-state index is 0.0373. The highest BCUT2D eigenvalue weighted by atomic mass is 32.2. The Bertz CT molecular complexity index is 269. The molecule has 5 nitrogen and oxygen atoms in total. The molecule has 0 saturated carbocycles. The maximum Gasteiger partial charge on any atom is 0.211 e. The average Bonchev–Trinajstić information content (AvgIpc) is 2.19. The molecule has 0 spiro atoms. The molecule has 0 bridgehead atoms. The van der Waals surface area contributed by atoms with Crippen LogP contribution in [0.25, 0.3) is 0 Å². The molecule has 2 N–H and O–H groups in total. The summed E-state index contributed by atoms with van der Waals surface area (Å²) in [5.41, 5.74) is -0.701. The van der Waals surface area contributed by atoms with Crippen LogP contribution in [0.1, 0.15) is 19.8 Å². The molecule has 0 aliphatic carbocycles. The van der Waals surface area contributed by atoms with Gasteiger partial charge in [-0.3, -0.25) is 0 Å². The Morgan fingerprint density at radius 3 is 2.43 bits per heavy atom. The molecule has 0 atom stereocenters. The van der Waals surface area contributed by atoms with E-state index in [2.05, 4.69) is 4.72 Å². The molecule has 1 aliphatic heterocycles. The Morgan fingerprint density at radius 2 is 2.00 bits per heavy atom. The lowest BCUT2D eigenvalue weighted by molar-refractivity contribution is 0.0223. The maximum absolute atomic E-state index is 11.4. The van der Waals surface area contributed by atoms with Crippen LogP contribution >= 0.6 is 0 Å². The molecule has 0 unspecified atom stereocenters. The number of aliphatic hydroxyl groups excluding tert-OH is 1. The summed E-state index contributed by atoms with van der Waals surface area (Å²) in [6.45, 7) is 2.39. The fourth-order valence-electron chi connectivity index (χ4n) is 1.46. The normalized spacial score (nSPS) is 22.1. The fourth-order valence-corrected chi connectivity index (χ4v) is 2.53. The summed E-state index contributed by atoms with van der Waals surface area (Å²) >= 11 is 0. The van der Waals surface area contributed by atoms with Crippen molar-refractivity contribution >= 4 is 10.0 Å². The Labute approximate surface area is 84.5 Å². The van der Waals surface area contributed by atoms with Gasteiger partial charge in [0.1, 0.15) is 0 Å². The van der Waals surface area contributed by atoms with Gasteiger partial charge in [-0.15, -0.1) is 0 Å². The monoisotopic (exact) mass is 223 g/mol. The third kappa shape index (κ3) is 2.91. The Balaban J connectivity index is 2.70. The van der Waals surface area contributed by atoms with Crippen LogP contribution in [-0.4, -0.2) is 44.6 Å². The molecule has 1 rings (SSSR count). The van der Waals surface area contributed by atoms with Gasteiger partial charge in [0.25, 0.3) is 0 Å². The average molecular weight is 223 g/mol. The Hall–Kier alpha value is -0.170. The van der Waals surface area contributed by atoms with Crippen LogP contribution < -0.4 is 4.72 Å². The van der Waals surface area contributed by atoms with Gasteiger partial charge in [-0.25, -0.2) is 13.1 Å². The smallest absolute Gasteiger partial charge is 0.211 e. The SMILES string of the molecule is CCS(=O)(=O)NC1(CO)CCOCC1. The predicted molar refractivity (Wildman–Crippen MR) is 52.5 cm³/mol. The zero-order valence-electron chi connectivity index (χ0n) is 8.32. The van der Waals surface area contributed by atoms with E-state index in [1.165, 1.54) is 0 Å². The van der Waals surface area contributed by atoms with E-state index in [0.717, 1.165) is 0 Å².